The van der Waals surface area contributed by atoms with Crippen molar-refractivity contribution in [1.29, 1.82) is 0 Å². The minimum absolute atomic E-state index is 0.142. The molecule has 4 heterocycles. The number of nitrogens with one attached hydrogen (secondary N) is 1. The van der Waals surface area contributed by atoms with Gasteiger partial charge in [0, 0.05) is 31.5 Å². The molecule has 132 valence electrons. The smallest absolute Gasteiger partial charge is 0.276 e. The molecule has 1 saturated heterocycles. The summed E-state index contributed by atoms with van der Waals surface area (Å²) in [5, 5.41) is 11.1. The molecule has 0 aromatic carbocycles. The number of anilines is 1. The van der Waals surface area contributed by atoms with Crippen molar-refractivity contribution in [2.45, 2.75) is 31.9 Å². The number of amides is 2. The Balaban J connectivity index is 1.44. The highest BCUT2D eigenvalue weighted by Gasteiger charge is 2.28. The van der Waals surface area contributed by atoms with Crippen LogP contribution < -0.4 is 5.32 Å². The number of thiazole rings is 1. The Hall–Kier alpha value is -2.33. The number of hydrogen-bond donors (Lipinski definition) is 1. The molecule has 1 unspecified atom stereocenters. The van der Waals surface area contributed by atoms with Crippen LogP contribution in [-0.4, -0.2) is 55.9 Å². The van der Waals surface area contributed by atoms with Crippen LogP contribution in [0.3, 0.4) is 0 Å². The van der Waals surface area contributed by atoms with Gasteiger partial charge in [0.25, 0.3) is 11.8 Å². The van der Waals surface area contributed by atoms with E-state index in [0.29, 0.717) is 36.9 Å². The van der Waals surface area contributed by atoms with Crippen molar-refractivity contribution in [1.82, 2.24) is 24.9 Å². The quantitative estimate of drug-likeness (QED) is 0.857. The van der Waals surface area contributed by atoms with E-state index in [-0.39, 0.29) is 17.9 Å². The zero-order chi connectivity index (χ0) is 17.4. The van der Waals surface area contributed by atoms with E-state index in [9.17, 15) is 9.59 Å². The monoisotopic (exact) mass is 362 g/mol. The van der Waals surface area contributed by atoms with Gasteiger partial charge in [-0.15, -0.1) is 5.10 Å². The average molecular weight is 362 g/mol. The van der Waals surface area contributed by atoms with Crippen molar-refractivity contribution in [3.63, 3.8) is 0 Å². The van der Waals surface area contributed by atoms with E-state index < -0.39 is 0 Å². The first-order chi connectivity index (χ1) is 12.1. The highest BCUT2D eigenvalue weighted by molar-refractivity contribution is 7.15. The first kappa shape index (κ1) is 16.2. The van der Waals surface area contributed by atoms with Gasteiger partial charge in [0.2, 0.25) is 0 Å². The zero-order valence-corrected chi connectivity index (χ0v) is 14.6. The molecule has 25 heavy (non-hydrogen) atoms. The molecule has 2 amide bonds. The van der Waals surface area contributed by atoms with Gasteiger partial charge in [0.15, 0.2) is 10.8 Å². The summed E-state index contributed by atoms with van der Waals surface area (Å²) >= 11 is 1.41. The summed E-state index contributed by atoms with van der Waals surface area (Å²) in [5.74, 6) is -0.284. The number of hydrogen-bond acceptors (Lipinski definition) is 7. The molecular formula is C15H18N6O3S. The van der Waals surface area contributed by atoms with Crippen LogP contribution in [-0.2, 0) is 29.5 Å². The third kappa shape index (κ3) is 3.27. The summed E-state index contributed by atoms with van der Waals surface area (Å²) in [6, 6.07) is 0. The second kappa shape index (κ2) is 6.52. The molecule has 0 bridgehead atoms. The molecule has 10 heteroatoms. The molecule has 0 radical (unpaired) electrons. The molecule has 0 saturated carbocycles. The van der Waals surface area contributed by atoms with Crippen molar-refractivity contribution in [3.05, 3.63) is 22.5 Å². The fourth-order valence-corrected chi connectivity index (χ4v) is 4.03. The van der Waals surface area contributed by atoms with Crippen LogP contribution in [0.15, 0.2) is 6.20 Å². The van der Waals surface area contributed by atoms with E-state index in [1.807, 2.05) is 0 Å². The summed E-state index contributed by atoms with van der Waals surface area (Å²) in [6.45, 7) is 1.68. The summed E-state index contributed by atoms with van der Waals surface area (Å²) in [7, 11) is 1.73. The number of carbonyl (C=O) groups excluding carboxylic acids is 2. The standard InChI is InChI=1S/C15H18N6O3S/c1-20-7-10(18-19-20)14(23)21-5-4-9-12(8-21)25-15(16-9)17-13(22)11-3-2-6-24-11/h7,11H,2-6,8H2,1H3,(H,16,17,22). The molecule has 2 aliphatic heterocycles. The summed E-state index contributed by atoms with van der Waals surface area (Å²) in [6.07, 6.45) is 3.55. The van der Waals surface area contributed by atoms with Crippen LogP contribution in [0.5, 0.6) is 0 Å². The van der Waals surface area contributed by atoms with Crippen LogP contribution in [0.25, 0.3) is 0 Å². The summed E-state index contributed by atoms with van der Waals surface area (Å²) in [4.78, 5) is 31.8. The number of fused-ring (bicyclic) bond motifs is 1. The maximum atomic E-state index is 12.5. The topological polar surface area (TPSA) is 102 Å². The Morgan fingerprint density at radius 1 is 1.44 bits per heavy atom. The molecule has 1 atom stereocenters. The van der Waals surface area contributed by atoms with Crippen LogP contribution in [0.2, 0.25) is 0 Å². The Labute approximate surface area is 148 Å². The molecule has 4 rings (SSSR count). The normalized spacial score (nSPS) is 19.7. The summed E-state index contributed by atoms with van der Waals surface area (Å²) in [5.41, 5.74) is 1.28. The third-order valence-electron chi connectivity index (χ3n) is 4.29. The minimum Gasteiger partial charge on any atom is -0.368 e. The number of ether oxygens (including phenoxy) is 1. The third-order valence-corrected chi connectivity index (χ3v) is 5.29. The predicted molar refractivity (Wildman–Crippen MR) is 89.2 cm³/mol. The number of aryl methyl sites for hydroxylation is 1. The van der Waals surface area contributed by atoms with Crippen LogP contribution in [0, 0.1) is 0 Å². The van der Waals surface area contributed by atoms with Gasteiger partial charge < -0.3 is 9.64 Å². The van der Waals surface area contributed by atoms with Gasteiger partial charge in [-0.05, 0) is 12.8 Å². The molecule has 0 aliphatic carbocycles. The Morgan fingerprint density at radius 3 is 3.04 bits per heavy atom. The lowest BCUT2D eigenvalue weighted by atomic mass is 10.1. The van der Waals surface area contributed by atoms with Gasteiger partial charge in [-0.25, -0.2) is 4.98 Å². The van der Waals surface area contributed by atoms with E-state index in [0.717, 1.165) is 23.4 Å². The van der Waals surface area contributed by atoms with Crippen LogP contribution in [0.1, 0.15) is 33.9 Å². The van der Waals surface area contributed by atoms with E-state index in [4.69, 9.17) is 4.74 Å². The molecule has 0 spiro atoms. The highest BCUT2D eigenvalue weighted by Crippen LogP contribution is 2.29. The number of nitrogens with zero attached hydrogens (tertiary/aromatic N) is 5. The van der Waals surface area contributed by atoms with E-state index in [1.165, 1.54) is 16.0 Å². The van der Waals surface area contributed by atoms with Gasteiger partial charge in [-0.1, -0.05) is 16.6 Å². The SMILES string of the molecule is Cn1cc(C(=O)N2CCc3nc(NC(=O)C4CCCO4)sc3C2)nn1. The maximum Gasteiger partial charge on any atom is 0.276 e. The lowest BCUT2D eigenvalue weighted by molar-refractivity contribution is -0.124. The zero-order valence-electron chi connectivity index (χ0n) is 13.8. The second-order valence-corrected chi connectivity index (χ2v) is 7.22. The van der Waals surface area contributed by atoms with Gasteiger partial charge in [-0.3, -0.25) is 19.6 Å². The molecule has 2 aromatic rings. The Bertz CT molecular complexity index is 810. The van der Waals surface area contributed by atoms with Crippen LogP contribution >= 0.6 is 11.3 Å². The van der Waals surface area contributed by atoms with Crippen LogP contribution in [0.4, 0.5) is 5.13 Å². The summed E-state index contributed by atoms with van der Waals surface area (Å²) < 4.78 is 6.89. The molecule has 9 nitrogen and oxygen atoms in total. The Morgan fingerprint density at radius 2 is 2.32 bits per heavy atom. The number of rotatable bonds is 3. The van der Waals surface area contributed by atoms with Gasteiger partial charge in [-0.2, -0.15) is 0 Å². The second-order valence-electron chi connectivity index (χ2n) is 6.13. The highest BCUT2D eigenvalue weighted by atomic mass is 32.1. The Kier molecular flexibility index (Phi) is 4.22. The van der Waals surface area contributed by atoms with Crippen molar-refractivity contribution < 1.29 is 14.3 Å². The largest absolute Gasteiger partial charge is 0.368 e. The molecule has 1 N–H and O–H groups in total. The molecule has 2 aromatic heterocycles. The van der Waals surface area contributed by atoms with E-state index in [1.54, 1.807) is 18.1 Å². The first-order valence-corrected chi connectivity index (χ1v) is 8.98. The van der Waals surface area contributed by atoms with Crippen molar-refractivity contribution in [2.24, 2.45) is 7.05 Å². The number of carbonyl (C=O) groups is 2. The van der Waals surface area contributed by atoms with E-state index in [2.05, 4.69) is 20.6 Å². The lowest BCUT2D eigenvalue weighted by Crippen LogP contribution is -2.35. The van der Waals surface area contributed by atoms with E-state index >= 15 is 0 Å². The predicted octanol–water partition coefficient (Wildman–Crippen LogP) is 0.588. The molecule has 1 fully saturated rings. The number of aromatic nitrogens is 4. The van der Waals surface area contributed by atoms with Gasteiger partial charge >= 0.3 is 0 Å². The average Bonchev–Trinajstić information content (AvgIpc) is 3.33. The minimum atomic E-state index is -0.379. The van der Waals surface area contributed by atoms with Gasteiger partial charge in [0.05, 0.1) is 18.4 Å². The van der Waals surface area contributed by atoms with Crippen molar-refractivity contribution >= 4 is 28.3 Å². The molecular weight excluding hydrogens is 344 g/mol. The fraction of sp³-hybridized carbons (Fsp3) is 0.533. The first-order valence-electron chi connectivity index (χ1n) is 8.17. The molecule has 2 aliphatic rings. The van der Waals surface area contributed by atoms with Crippen molar-refractivity contribution in [3.8, 4) is 0 Å². The van der Waals surface area contributed by atoms with Gasteiger partial charge in [0.1, 0.15) is 6.10 Å². The fourth-order valence-electron chi connectivity index (χ4n) is 3.00. The lowest BCUT2D eigenvalue weighted by Gasteiger charge is -2.25. The maximum absolute atomic E-state index is 12.5. The van der Waals surface area contributed by atoms with Crippen molar-refractivity contribution in [2.75, 3.05) is 18.5 Å².